The zero-order valence-electron chi connectivity index (χ0n) is 10.5. The van der Waals surface area contributed by atoms with Crippen LogP contribution in [0.15, 0.2) is 17.0 Å². The largest absolute Gasteiger partial charge is 0.495 e. The lowest BCUT2D eigenvalue weighted by molar-refractivity contribution is 0.204. The fraction of sp³-hybridized carbons (Fsp3) is 0.455. The summed E-state index contributed by atoms with van der Waals surface area (Å²) >= 11 is 5.94. The van der Waals surface area contributed by atoms with E-state index in [1.807, 2.05) is 0 Å². The average Bonchev–Trinajstić information content (AvgIpc) is 2.32. The molecule has 1 N–H and O–H groups in total. The predicted octanol–water partition coefficient (Wildman–Crippen LogP) is 1.58. The summed E-state index contributed by atoms with van der Waals surface area (Å²) in [6.07, 6.45) is 0. The van der Waals surface area contributed by atoms with E-state index in [0.29, 0.717) is 11.6 Å². The summed E-state index contributed by atoms with van der Waals surface area (Å²) in [5.74, 6) is 0.266. The Morgan fingerprint density at radius 2 is 2.00 bits per heavy atom. The Morgan fingerprint density at radius 1 is 1.33 bits per heavy atom. The van der Waals surface area contributed by atoms with Crippen molar-refractivity contribution in [3.63, 3.8) is 0 Å². The minimum absolute atomic E-state index is 0.0247. The molecule has 7 heteroatoms. The molecule has 18 heavy (non-hydrogen) atoms. The molecule has 0 unspecified atom stereocenters. The number of nitrogens with one attached hydrogen (secondary N) is 1. The fourth-order valence-electron chi connectivity index (χ4n) is 1.36. The van der Waals surface area contributed by atoms with Crippen molar-refractivity contribution in [1.82, 2.24) is 4.72 Å². The Bertz CT molecular complexity index is 516. The van der Waals surface area contributed by atoms with Crippen LogP contribution in [-0.2, 0) is 14.8 Å². The Hall–Kier alpha value is -0.820. The summed E-state index contributed by atoms with van der Waals surface area (Å²) in [7, 11) is -0.743. The van der Waals surface area contributed by atoms with Gasteiger partial charge in [0.05, 0.1) is 13.7 Å². The lowest BCUT2D eigenvalue weighted by atomic mass is 10.2. The first-order valence-electron chi connectivity index (χ1n) is 5.25. The second-order valence-electron chi connectivity index (χ2n) is 3.64. The van der Waals surface area contributed by atoms with Crippen LogP contribution in [0.2, 0.25) is 5.02 Å². The van der Waals surface area contributed by atoms with E-state index in [2.05, 4.69) is 4.72 Å². The molecule has 5 nitrogen and oxygen atoms in total. The molecule has 0 spiro atoms. The average molecular weight is 294 g/mol. The summed E-state index contributed by atoms with van der Waals surface area (Å²) in [5, 5.41) is 0.378. The molecule has 0 saturated heterocycles. The highest BCUT2D eigenvalue weighted by Gasteiger charge is 2.20. The van der Waals surface area contributed by atoms with E-state index in [4.69, 9.17) is 21.1 Å². The summed E-state index contributed by atoms with van der Waals surface area (Å²) in [6.45, 7) is 2.26. The lowest BCUT2D eigenvalue weighted by Crippen LogP contribution is -2.27. The third kappa shape index (κ3) is 3.58. The van der Waals surface area contributed by atoms with Crippen molar-refractivity contribution < 1.29 is 17.9 Å². The molecule has 1 aromatic rings. The van der Waals surface area contributed by atoms with E-state index in [-0.39, 0.29) is 17.2 Å². The second-order valence-corrected chi connectivity index (χ2v) is 5.79. The number of hydrogen-bond donors (Lipinski definition) is 1. The second kappa shape index (κ2) is 6.38. The van der Waals surface area contributed by atoms with Gasteiger partial charge in [-0.15, -0.1) is 0 Å². The number of halogens is 1. The minimum atomic E-state index is -3.65. The van der Waals surface area contributed by atoms with Gasteiger partial charge >= 0.3 is 0 Å². The highest BCUT2D eigenvalue weighted by Crippen LogP contribution is 2.29. The summed E-state index contributed by atoms with van der Waals surface area (Å²) < 4.78 is 36.3. The number of benzene rings is 1. The van der Waals surface area contributed by atoms with Gasteiger partial charge in [-0.2, -0.15) is 0 Å². The molecule has 0 atom stereocenters. The molecule has 0 heterocycles. The molecule has 0 radical (unpaired) electrons. The van der Waals surface area contributed by atoms with Gasteiger partial charge < -0.3 is 9.47 Å². The van der Waals surface area contributed by atoms with Gasteiger partial charge in [0.15, 0.2) is 0 Å². The van der Waals surface area contributed by atoms with Gasteiger partial charge in [0.25, 0.3) is 0 Å². The van der Waals surface area contributed by atoms with Crippen LogP contribution < -0.4 is 9.46 Å². The molecule has 0 aliphatic carbocycles. The van der Waals surface area contributed by atoms with Gasteiger partial charge in [0, 0.05) is 18.7 Å². The van der Waals surface area contributed by atoms with Gasteiger partial charge in [-0.3, -0.25) is 0 Å². The van der Waals surface area contributed by atoms with Crippen molar-refractivity contribution in [2.45, 2.75) is 11.8 Å². The van der Waals surface area contributed by atoms with Gasteiger partial charge in [0.2, 0.25) is 10.0 Å². The number of rotatable bonds is 6. The molecular formula is C11H16ClNO4S. The van der Waals surface area contributed by atoms with E-state index < -0.39 is 10.0 Å². The molecule has 0 aromatic heterocycles. The SMILES string of the molecule is COCCNS(=O)(=O)c1cc(Cl)c(C)cc1OC. The van der Waals surface area contributed by atoms with Crippen LogP contribution in [-0.4, -0.2) is 35.8 Å². The van der Waals surface area contributed by atoms with E-state index >= 15 is 0 Å². The van der Waals surface area contributed by atoms with Gasteiger partial charge in [-0.05, 0) is 24.6 Å². The van der Waals surface area contributed by atoms with E-state index in [1.54, 1.807) is 13.0 Å². The van der Waals surface area contributed by atoms with Crippen LogP contribution in [0.25, 0.3) is 0 Å². The number of sulfonamides is 1. The van der Waals surface area contributed by atoms with Crippen LogP contribution >= 0.6 is 11.6 Å². The maximum Gasteiger partial charge on any atom is 0.244 e. The summed E-state index contributed by atoms with van der Waals surface area (Å²) in [6, 6.07) is 2.97. The first-order chi connectivity index (χ1) is 8.42. The minimum Gasteiger partial charge on any atom is -0.495 e. The first-order valence-corrected chi connectivity index (χ1v) is 7.11. The highest BCUT2D eigenvalue weighted by molar-refractivity contribution is 7.89. The molecule has 0 bridgehead atoms. The van der Waals surface area contributed by atoms with E-state index in [1.165, 1.54) is 20.3 Å². The summed E-state index contributed by atoms with van der Waals surface area (Å²) in [5.41, 5.74) is 0.754. The van der Waals surface area contributed by atoms with Crippen molar-refractivity contribution in [3.8, 4) is 5.75 Å². The van der Waals surface area contributed by atoms with E-state index in [9.17, 15) is 8.42 Å². The molecule has 0 saturated carbocycles. The monoisotopic (exact) mass is 293 g/mol. The Morgan fingerprint density at radius 3 is 2.56 bits per heavy atom. The molecule has 0 fully saturated rings. The molecule has 1 rings (SSSR count). The van der Waals surface area contributed by atoms with Crippen molar-refractivity contribution in [2.75, 3.05) is 27.4 Å². The zero-order chi connectivity index (χ0) is 13.8. The van der Waals surface area contributed by atoms with Crippen LogP contribution in [0.1, 0.15) is 5.56 Å². The molecular weight excluding hydrogens is 278 g/mol. The van der Waals surface area contributed by atoms with Gasteiger partial charge in [0.1, 0.15) is 10.6 Å². The van der Waals surface area contributed by atoms with E-state index in [0.717, 1.165) is 5.56 Å². The van der Waals surface area contributed by atoms with Crippen molar-refractivity contribution in [1.29, 1.82) is 0 Å². The maximum atomic E-state index is 12.0. The summed E-state index contributed by atoms with van der Waals surface area (Å²) in [4.78, 5) is 0.0247. The molecule has 0 aliphatic heterocycles. The Labute approximate surface area is 112 Å². The fourth-order valence-corrected chi connectivity index (χ4v) is 2.78. The van der Waals surface area contributed by atoms with Gasteiger partial charge in [-0.25, -0.2) is 13.1 Å². The quantitative estimate of drug-likeness (QED) is 0.809. The highest BCUT2D eigenvalue weighted by atomic mass is 35.5. The molecule has 0 amide bonds. The van der Waals surface area contributed by atoms with Crippen LogP contribution in [0.3, 0.4) is 0 Å². The van der Waals surface area contributed by atoms with Crippen molar-refractivity contribution in [3.05, 3.63) is 22.7 Å². The molecule has 1 aromatic carbocycles. The van der Waals surface area contributed by atoms with Crippen LogP contribution in [0.5, 0.6) is 5.75 Å². The lowest BCUT2D eigenvalue weighted by Gasteiger charge is -2.12. The van der Waals surface area contributed by atoms with Crippen LogP contribution in [0, 0.1) is 6.92 Å². The van der Waals surface area contributed by atoms with Gasteiger partial charge in [-0.1, -0.05) is 11.6 Å². The van der Waals surface area contributed by atoms with Crippen molar-refractivity contribution >= 4 is 21.6 Å². The topological polar surface area (TPSA) is 64.6 Å². The normalized spacial score (nSPS) is 11.6. The maximum absolute atomic E-state index is 12.0. The molecule has 0 aliphatic rings. The van der Waals surface area contributed by atoms with Crippen molar-refractivity contribution in [2.24, 2.45) is 0 Å². The molecule has 102 valence electrons. The van der Waals surface area contributed by atoms with Crippen LogP contribution in [0.4, 0.5) is 0 Å². The zero-order valence-corrected chi connectivity index (χ0v) is 12.1. The Kier molecular flexibility index (Phi) is 5.40. The predicted molar refractivity (Wildman–Crippen MR) is 69.8 cm³/mol. The number of ether oxygens (including phenoxy) is 2. The standard InChI is InChI=1S/C11H16ClNO4S/c1-8-6-10(17-3)11(7-9(8)12)18(14,15)13-4-5-16-2/h6-7,13H,4-5H2,1-3H3. The number of hydrogen-bond acceptors (Lipinski definition) is 4. The third-order valence-corrected chi connectivity index (χ3v) is 4.22. The number of aryl methyl sites for hydroxylation is 1. The Balaban J connectivity index is 3.11. The smallest absolute Gasteiger partial charge is 0.244 e. The first kappa shape index (κ1) is 15.2. The third-order valence-electron chi connectivity index (χ3n) is 2.33. The number of methoxy groups -OCH3 is 2.